The number of carbonyl (C=O) groups is 2. The molecule has 1 aromatic carbocycles. The van der Waals surface area contributed by atoms with Crippen LogP contribution < -0.4 is 10.6 Å². The van der Waals surface area contributed by atoms with Crippen LogP contribution in [0.15, 0.2) is 29.5 Å². The third kappa shape index (κ3) is 5.52. The topological polar surface area (TPSA) is 73.9 Å². The Balaban J connectivity index is 1.54. The van der Waals surface area contributed by atoms with Crippen molar-refractivity contribution in [1.82, 2.24) is 20.4 Å². The molecule has 2 aliphatic heterocycles. The minimum atomic E-state index is -1.04. The van der Waals surface area contributed by atoms with Gasteiger partial charge in [-0.2, -0.15) is 0 Å². The Morgan fingerprint density at radius 3 is 2.48 bits per heavy atom. The number of rotatable bonds is 6. The summed E-state index contributed by atoms with van der Waals surface area (Å²) in [6.45, 7) is 5.79. The highest BCUT2D eigenvalue weighted by molar-refractivity contribution is 5.95. The maximum Gasteiger partial charge on any atom is 0.338 e. The second-order valence-corrected chi connectivity index (χ2v) is 8.92. The molecular weight excluding hydrogens is 430 g/mol. The highest BCUT2D eigenvalue weighted by atomic mass is 19.2. The minimum absolute atomic E-state index is 0.161. The number of amides is 2. The van der Waals surface area contributed by atoms with Crippen molar-refractivity contribution in [3.63, 3.8) is 0 Å². The average molecular weight is 463 g/mol. The fourth-order valence-electron chi connectivity index (χ4n) is 5.09. The lowest BCUT2D eigenvalue weighted by atomic mass is 9.93. The molecule has 33 heavy (non-hydrogen) atoms. The zero-order valence-electron chi connectivity index (χ0n) is 19.0. The molecule has 0 radical (unpaired) electrons. The number of nitrogens with one attached hydrogen (secondary N) is 2. The van der Waals surface area contributed by atoms with E-state index in [1.165, 1.54) is 38.2 Å². The maximum absolute atomic E-state index is 13.9. The summed E-state index contributed by atoms with van der Waals surface area (Å²) >= 11 is 0. The van der Waals surface area contributed by atoms with Crippen molar-refractivity contribution in [3.05, 3.63) is 46.7 Å². The van der Waals surface area contributed by atoms with Crippen LogP contribution in [-0.4, -0.2) is 67.2 Å². The number of hydrogen-bond acceptors (Lipinski definition) is 5. The summed E-state index contributed by atoms with van der Waals surface area (Å²) in [6, 6.07) is 2.61. The number of carbonyl (C=O) groups excluding carboxylic acids is 2. The van der Waals surface area contributed by atoms with Gasteiger partial charge in [0.2, 0.25) is 0 Å². The first-order chi connectivity index (χ1) is 16.0. The minimum Gasteiger partial charge on any atom is -0.463 e. The molecule has 0 spiro atoms. The van der Waals surface area contributed by atoms with Crippen LogP contribution in [0.5, 0.6) is 0 Å². The van der Waals surface area contributed by atoms with Crippen molar-refractivity contribution in [3.8, 4) is 0 Å². The van der Waals surface area contributed by atoms with E-state index in [1.807, 2.05) is 0 Å². The number of ether oxygens (including phenoxy) is 1. The number of hydrogen-bond donors (Lipinski definition) is 2. The molecule has 1 unspecified atom stereocenters. The summed E-state index contributed by atoms with van der Waals surface area (Å²) in [6.07, 6.45) is 6.44. The van der Waals surface area contributed by atoms with E-state index in [9.17, 15) is 18.4 Å². The maximum atomic E-state index is 13.9. The van der Waals surface area contributed by atoms with E-state index in [0.717, 1.165) is 38.3 Å². The first kappa shape index (κ1) is 23.6. The fraction of sp³-hybridized carbons (Fsp3) is 0.583. The Hall–Kier alpha value is -2.52. The van der Waals surface area contributed by atoms with Crippen LogP contribution in [0.3, 0.4) is 0 Å². The van der Waals surface area contributed by atoms with E-state index in [2.05, 4.69) is 20.4 Å². The molecule has 3 aliphatic rings. The van der Waals surface area contributed by atoms with Crippen molar-refractivity contribution in [2.45, 2.75) is 51.1 Å². The van der Waals surface area contributed by atoms with Crippen molar-refractivity contribution in [2.75, 3.05) is 39.3 Å². The van der Waals surface area contributed by atoms with Crippen molar-refractivity contribution < 1.29 is 23.1 Å². The second kappa shape index (κ2) is 10.6. The van der Waals surface area contributed by atoms with Gasteiger partial charge in [-0.25, -0.2) is 18.4 Å². The molecule has 1 aliphatic carbocycles. The summed E-state index contributed by atoms with van der Waals surface area (Å²) in [5.74, 6) is -2.61. The van der Waals surface area contributed by atoms with E-state index >= 15 is 0 Å². The van der Waals surface area contributed by atoms with Gasteiger partial charge in [-0.3, -0.25) is 9.80 Å². The fourth-order valence-corrected chi connectivity index (χ4v) is 5.09. The smallest absolute Gasteiger partial charge is 0.338 e. The Morgan fingerprint density at radius 2 is 1.82 bits per heavy atom. The van der Waals surface area contributed by atoms with Crippen LogP contribution in [0.4, 0.5) is 13.6 Å². The summed E-state index contributed by atoms with van der Waals surface area (Å²) in [7, 11) is 0. The summed E-state index contributed by atoms with van der Waals surface area (Å²) in [5.41, 5.74) is 0.946. The lowest BCUT2D eigenvalue weighted by Gasteiger charge is -2.41. The molecule has 0 bridgehead atoms. The van der Waals surface area contributed by atoms with Gasteiger partial charge in [0, 0.05) is 44.5 Å². The van der Waals surface area contributed by atoms with Gasteiger partial charge in [-0.05, 0) is 37.5 Å². The molecule has 2 N–H and O–H groups in total. The number of halogens is 2. The SMILES string of the molecule is CCOC(=O)C1=C(CN2CCN(C3CCCCC3)CC2)NC(=O)NC1c1ccc(F)c(F)c1. The lowest BCUT2D eigenvalue weighted by molar-refractivity contribution is -0.139. The summed E-state index contributed by atoms with van der Waals surface area (Å²) in [5, 5.41) is 5.42. The number of urea groups is 1. The van der Waals surface area contributed by atoms with Gasteiger partial charge in [-0.1, -0.05) is 25.3 Å². The standard InChI is InChI=1S/C24H32F2N4O3/c1-2-33-23(31)21-20(15-29-10-12-30(13-11-29)17-6-4-3-5-7-17)27-24(32)28-22(21)16-8-9-18(25)19(26)14-16/h8-9,14,17,22H,2-7,10-13,15H2,1H3,(H2,27,28,32). The van der Waals surface area contributed by atoms with E-state index in [4.69, 9.17) is 4.74 Å². The monoisotopic (exact) mass is 462 g/mol. The molecule has 2 fully saturated rings. The molecule has 7 nitrogen and oxygen atoms in total. The van der Waals surface area contributed by atoms with Crippen molar-refractivity contribution >= 4 is 12.0 Å². The van der Waals surface area contributed by atoms with Crippen LogP contribution in [0.2, 0.25) is 0 Å². The van der Waals surface area contributed by atoms with Gasteiger partial charge < -0.3 is 15.4 Å². The van der Waals surface area contributed by atoms with E-state index in [-0.39, 0.29) is 17.7 Å². The Kier molecular flexibility index (Phi) is 7.60. The van der Waals surface area contributed by atoms with Crippen molar-refractivity contribution in [1.29, 1.82) is 0 Å². The third-order valence-electron chi connectivity index (χ3n) is 6.81. The Bertz CT molecular complexity index is 909. The number of benzene rings is 1. The van der Waals surface area contributed by atoms with Crippen LogP contribution in [-0.2, 0) is 9.53 Å². The van der Waals surface area contributed by atoms with Gasteiger partial charge in [0.15, 0.2) is 11.6 Å². The predicted octanol–water partition coefficient (Wildman–Crippen LogP) is 3.09. The van der Waals surface area contributed by atoms with Gasteiger partial charge >= 0.3 is 12.0 Å². The molecule has 2 heterocycles. The lowest BCUT2D eigenvalue weighted by Crippen LogP contribution is -2.53. The number of piperazine rings is 1. The van der Waals surface area contributed by atoms with E-state index in [0.29, 0.717) is 18.3 Å². The molecular formula is C24H32F2N4O3. The molecule has 4 rings (SSSR count). The first-order valence-corrected chi connectivity index (χ1v) is 11.8. The Morgan fingerprint density at radius 1 is 1.09 bits per heavy atom. The molecule has 9 heteroatoms. The summed E-state index contributed by atoms with van der Waals surface area (Å²) < 4.78 is 32.7. The predicted molar refractivity (Wildman–Crippen MR) is 119 cm³/mol. The molecule has 180 valence electrons. The number of esters is 1. The van der Waals surface area contributed by atoms with Gasteiger partial charge in [0.05, 0.1) is 18.2 Å². The number of nitrogens with zero attached hydrogens (tertiary/aromatic N) is 2. The first-order valence-electron chi connectivity index (χ1n) is 11.8. The van der Waals surface area contributed by atoms with E-state index < -0.39 is 29.7 Å². The highest BCUT2D eigenvalue weighted by Gasteiger charge is 2.35. The van der Waals surface area contributed by atoms with Crippen LogP contribution in [0, 0.1) is 11.6 Å². The largest absolute Gasteiger partial charge is 0.463 e. The third-order valence-corrected chi connectivity index (χ3v) is 6.81. The van der Waals surface area contributed by atoms with Crippen molar-refractivity contribution in [2.24, 2.45) is 0 Å². The molecule has 1 saturated carbocycles. The second-order valence-electron chi connectivity index (χ2n) is 8.92. The van der Waals surface area contributed by atoms with Crippen LogP contribution in [0.1, 0.15) is 50.6 Å². The zero-order chi connectivity index (χ0) is 23.4. The van der Waals surface area contributed by atoms with Crippen LogP contribution >= 0.6 is 0 Å². The molecule has 0 aromatic heterocycles. The Labute approximate surface area is 193 Å². The van der Waals surface area contributed by atoms with Crippen LogP contribution in [0.25, 0.3) is 0 Å². The molecule has 1 aromatic rings. The zero-order valence-corrected chi connectivity index (χ0v) is 19.0. The molecule has 1 saturated heterocycles. The molecule has 2 amide bonds. The normalized spacial score (nSPS) is 23.2. The quantitative estimate of drug-likeness (QED) is 0.636. The summed E-state index contributed by atoms with van der Waals surface area (Å²) in [4.78, 5) is 30.1. The molecule has 1 atom stereocenters. The van der Waals surface area contributed by atoms with E-state index in [1.54, 1.807) is 6.92 Å². The van der Waals surface area contributed by atoms with Gasteiger partial charge in [0.1, 0.15) is 0 Å². The van der Waals surface area contributed by atoms with Gasteiger partial charge in [0.25, 0.3) is 0 Å². The average Bonchev–Trinajstić information content (AvgIpc) is 2.81. The van der Waals surface area contributed by atoms with Gasteiger partial charge in [-0.15, -0.1) is 0 Å². The highest BCUT2D eigenvalue weighted by Crippen LogP contribution is 2.30.